The van der Waals surface area contributed by atoms with E-state index in [1.165, 1.54) is 5.39 Å². The molecule has 0 amide bonds. The monoisotopic (exact) mass is 160 g/mol. The maximum atomic E-state index is 4.78. The van der Waals surface area contributed by atoms with Crippen molar-refractivity contribution in [3.63, 3.8) is 0 Å². The minimum atomic E-state index is 0.536. The molecule has 0 spiro atoms. The first-order chi connectivity index (χ1) is 5.90. The summed E-state index contributed by atoms with van der Waals surface area (Å²) < 4.78 is 4.78. The highest BCUT2D eigenvalue weighted by atomic mass is 16.5. The zero-order valence-corrected chi connectivity index (χ0v) is 6.71. The van der Waals surface area contributed by atoms with Gasteiger partial charge in [-0.1, -0.05) is 18.2 Å². The zero-order valence-electron chi connectivity index (χ0n) is 6.71. The van der Waals surface area contributed by atoms with Crippen molar-refractivity contribution in [3.8, 4) is 0 Å². The highest BCUT2D eigenvalue weighted by molar-refractivity contribution is 5.80. The SMILES string of the molecule is [CH2]OCc1cc2ccccc2[nH]1. The molecule has 0 saturated heterocycles. The van der Waals surface area contributed by atoms with Crippen LogP contribution in [0.4, 0.5) is 0 Å². The Hall–Kier alpha value is -1.28. The van der Waals surface area contributed by atoms with Crippen LogP contribution in [0.3, 0.4) is 0 Å². The van der Waals surface area contributed by atoms with Gasteiger partial charge in [-0.05, 0) is 17.5 Å². The molecule has 1 N–H and O–H groups in total. The molecular weight excluding hydrogens is 150 g/mol. The van der Waals surface area contributed by atoms with E-state index in [2.05, 4.69) is 24.2 Å². The van der Waals surface area contributed by atoms with Crippen LogP contribution < -0.4 is 0 Å². The number of ether oxygens (including phenoxy) is 1. The second-order valence-corrected chi connectivity index (χ2v) is 2.73. The Morgan fingerprint density at radius 2 is 2.17 bits per heavy atom. The fourth-order valence-electron chi connectivity index (χ4n) is 1.32. The first-order valence-electron chi connectivity index (χ1n) is 3.84. The van der Waals surface area contributed by atoms with Gasteiger partial charge in [0.05, 0.1) is 13.7 Å². The molecular formula is C10H10NO. The topological polar surface area (TPSA) is 25.0 Å². The first kappa shape index (κ1) is 7.37. The normalized spacial score (nSPS) is 10.8. The highest BCUT2D eigenvalue weighted by Crippen LogP contribution is 2.14. The van der Waals surface area contributed by atoms with Crippen molar-refractivity contribution < 1.29 is 4.74 Å². The van der Waals surface area contributed by atoms with E-state index in [1.807, 2.05) is 18.2 Å². The maximum absolute atomic E-state index is 4.78. The van der Waals surface area contributed by atoms with E-state index >= 15 is 0 Å². The second kappa shape index (κ2) is 2.99. The molecule has 1 heterocycles. The summed E-state index contributed by atoms with van der Waals surface area (Å²) in [6.07, 6.45) is 0. The first-order valence-corrected chi connectivity index (χ1v) is 3.84. The summed E-state index contributed by atoms with van der Waals surface area (Å²) >= 11 is 0. The number of H-pyrrole nitrogens is 1. The van der Waals surface area contributed by atoms with Crippen LogP contribution in [0.15, 0.2) is 30.3 Å². The second-order valence-electron chi connectivity index (χ2n) is 2.73. The van der Waals surface area contributed by atoms with Crippen LogP contribution >= 0.6 is 0 Å². The van der Waals surface area contributed by atoms with Gasteiger partial charge < -0.3 is 9.72 Å². The van der Waals surface area contributed by atoms with E-state index in [4.69, 9.17) is 4.74 Å². The summed E-state index contributed by atoms with van der Waals surface area (Å²) in [5.74, 6) is 0. The molecule has 0 aliphatic carbocycles. The average Bonchev–Trinajstić information content (AvgIpc) is 2.47. The molecule has 0 aliphatic rings. The number of hydrogen-bond acceptors (Lipinski definition) is 1. The van der Waals surface area contributed by atoms with Crippen LogP contribution in [0.1, 0.15) is 5.69 Å². The fourth-order valence-corrected chi connectivity index (χ4v) is 1.32. The highest BCUT2D eigenvalue weighted by Gasteiger charge is 1.97. The Labute approximate surface area is 71.2 Å². The summed E-state index contributed by atoms with van der Waals surface area (Å²) in [5, 5.41) is 1.21. The van der Waals surface area contributed by atoms with E-state index in [-0.39, 0.29) is 0 Å². The van der Waals surface area contributed by atoms with Crippen molar-refractivity contribution in [1.29, 1.82) is 0 Å². The molecule has 0 unspecified atom stereocenters. The number of nitrogens with one attached hydrogen (secondary N) is 1. The van der Waals surface area contributed by atoms with Gasteiger partial charge in [0.1, 0.15) is 0 Å². The van der Waals surface area contributed by atoms with Crippen molar-refractivity contribution in [2.45, 2.75) is 6.61 Å². The van der Waals surface area contributed by atoms with Gasteiger partial charge in [0.15, 0.2) is 0 Å². The molecule has 0 bridgehead atoms. The van der Waals surface area contributed by atoms with Crippen LogP contribution in [-0.2, 0) is 11.3 Å². The lowest BCUT2D eigenvalue weighted by atomic mass is 10.2. The Bertz CT molecular complexity index is 345. The predicted octanol–water partition coefficient (Wildman–Crippen LogP) is 2.48. The van der Waals surface area contributed by atoms with Crippen molar-refractivity contribution in [2.75, 3.05) is 0 Å². The van der Waals surface area contributed by atoms with Crippen LogP contribution in [0, 0.1) is 7.11 Å². The third-order valence-electron chi connectivity index (χ3n) is 1.84. The van der Waals surface area contributed by atoms with Gasteiger partial charge in [0.25, 0.3) is 0 Å². The molecule has 2 heteroatoms. The Kier molecular flexibility index (Phi) is 1.84. The van der Waals surface area contributed by atoms with E-state index in [0.717, 1.165) is 11.2 Å². The molecule has 2 aromatic rings. The number of rotatable bonds is 2. The number of hydrogen-bond donors (Lipinski definition) is 1. The number of aromatic nitrogens is 1. The van der Waals surface area contributed by atoms with E-state index in [1.54, 1.807) is 0 Å². The molecule has 2 rings (SSSR count). The summed E-state index contributed by atoms with van der Waals surface area (Å²) in [6.45, 7) is 0.536. The molecule has 1 aromatic carbocycles. The van der Waals surface area contributed by atoms with Gasteiger partial charge in [-0.2, -0.15) is 0 Å². The maximum Gasteiger partial charge on any atom is 0.0867 e. The third-order valence-corrected chi connectivity index (χ3v) is 1.84. The summed E-state index contributed by atoms with van der Waals surface area (Å²) in [7, 11) is 3.33. The number of para-hydroxylation sites is 1. The van der Waals surface area contributed by atoms with Crippen molar-refractivity contribution in [3.05, 3.63) is 43.1 Å². The third kappa shape index (κ3) is 1.21. The molecule has 1 radical (unpaired) electrons. The lowest BCUT2D eigenvalue weighted by Gasteiger charge is -1.90. The van der Waals surface area contributed by atoms with Crippen molar-refractivity contribution in [2.24, 2.45) is 0 Å². The molecule has 0 aliphatic heterocycles. The van der Waals surface area contributed by atoms with Crippen molar-refractivity contribution in [1.82, 2.24) is 4.98 Å². The Morgan fingerprint density at radius 3 is 2.92 bits per heavy atom. The quantitative estimate of drug-likeness (QED) is 0.717. The van der Waals surface area contributed by atoms with Crippen LogP contribution in [0.25, 0.3) is 10.9 Å². The Morgan fingerprint density at radius 1 is 1.33 bits per heavy atom. The number of benzene rings is 1. The van der Waals surface area contributed by atoms with E-state index in [0.29, 0.717) is 6.61 Å². The standard InChI is InChI=1S/C10H10NO/c1-12-7-9-6-8-4-2-3-5-10(8)11-9/h2-6,11H,1,7H2. The van der Waals surface area contributed by atoms with Crippen LogP contribution in [0.5, 0.6) is 0 Å². The number of aromatic amines is 1. The molecule has 12 heavy (non-hydrogen) atoms. The predicted molar refractivity (Wildman–Crippen MR) is 48.4 cm³/mol. The van der Waals surface area contributed by atoms with E-state index in [9.17, 15) is 0 Å². The minimum Gasteiger partial charge on any atom is -0.373 e. The van der Waals surface area contributed by atoms with Crippen LogP contribution in [0.2, 0.25) is 0 Å². The molecule has 0 atom stereocenters. The lowest BCUT2D eigenvalue weighted by Crippen LogP contribution is -1.83. The lowest BCUT2D eigenvalue weighted by molar-refractivity contribution is 0.226. The average molecular weight is 160 g/mol. The number of fused-ring (bicyclic) bond motifs is 1. The van der Waals surface area contributed by atoms with Gasteiger partial charge >= 0.3 is 0 Å². The Balaban J connectivity index is 2.47. The van der Waals surface area contributed by atoms with E-state index < -0.39 is 0 Å². The van der Waals surface area contributed by atoms with Gasteiger partial charge in [0, 0.05) is 11.2 Å². The van der Waals surface area contributed by atoms with Crippen LogP contribution in [-0.4, -0.2) is 4.98 Å². The summed E-state index contributed by atoms with van der Waals surface area (Å²) in [4.78, 5) is 3.23. The molecule has 2 nitrogen and oxygen atoms in total. The molecule has 0 saturated carbocycles. The molecule has 61 valence electrons. The van der Waals surface area contributed by atoms with Gasteiger partial charge in [-0.15, -0.1) is 0 Å². The van der Waals surface area contributed by atoms with Gasteiger partial charge in [-0.25, -0.2) is 0 Å². The van der Waals surface area contributed by atoms with Gasteiger partial charge in [0.2, 0.25) is 0 Å². The minimum absolute atomic E-state index is 0.536. The summed E-state index contributed by atoms with van der Waals surface area (Å²) in [6, 6.07) is 10.2. The fraction of sp³-hybridized carbons (Fsp3) is 0.100. The van der Waals surface area contributed by atoms with Gasteiger partial charge in [-0.3, -0.25) is 0 Å². The smallest absolute Gasteiger partial charge is 0.0867 e. The zero-order chi connectivity index (χ0) is 8.39. The summed E-state index contributed by atoms with van der Waals surface area (Å²) in [5.41, 5.74) is 2.20. The largest absolute Gasteiger partial charge is 0.373 e. The molecule has 1 aromatic heterocycles. The molecule has 0 fully saturated rings. The van der Waals surface area contributed by atoms with Crippen molar-refractivity contribution >= 4 is 10.9 Å².